The minimum atomic E-state index is -4.62. The molecule has 0 N–H and O–H groups in total. The smallest absolute Gasteiger partial charge is 0.244 e. The van der Waals surface area contributed by atoms with E-state index in [1.54, 1.807) is 56.3 Å². The second-order valence-corrected chi connectivity index (χ2v) is 10.9. The van der Waals surface area contributed by atoms with E-state index in [-0.39, 0.29) is 21.5 Å². The summed E-state index contributed by atoms with van der Waals surface area (Å²) in [6.07, 6.45) is -3.17. The molecule has 33 heavy (non-hydrogen) atoms. The zero-order chi connectivity index (χ0) is 24.0. The molecule has 3 heterocycles. The predicted molar refractivity (Wildman–Crippen MR) is 123 cm³/mol. The van der Waals surface area contributed by atoms with Crippen LogP contribution in [0.4, 0.5) is 13.2 Å². The quantitative estimate of drug-likeness (QED) is 0.309. The molecular weight excluding hydrogens is 495 g/mol. The Bertz CT molecular complexity index is 1440. The Morgan fingerprint density at radius 1 is 1.09 bits per heavy atom. The van der Waals surface area contributed by atoms with E-state index in [4.69, 9.17) is 11.6 Å². The van der Waals surface area contributed by atoms with Crippen LogP contribution in [0.2, 0.25) is 5.02 Å². The van der Waals surface area contributed by atoms with Gasteiger partial charge in [0.15, 0.2) is 20.6 Å². The molecule has 0 bridgehead atoms. The van der Waals surface area contributed by atoms with Gasteiger partial charge in [-0.15, -0.1) is 11.3 Å². The molecule has 0 radical (unpaired) electrons. The first-order valence-corrected chi connectivity index (χ1v) is 12.6. The summed E-state index contributed by atoms with van der Waals surface area (Å²) in [5.74, 6) is -0.0586. The summed E-state index contributed by atoms with van der Waals surface area (Å²) < 4.78 is 65.8. The highest BCUT2D eigenvalue weighted by atomic mass is 35.5. The molecule has 0 fully saturated rings. The Labute approximate surface area is 197 Å². The molecule has 4 aromatic rings. The van der Waals surface area contributed by atoms with Crippen LogP contribution >= 0.6 is 22.9 Å². The molecule has 172 valence electrons. The van der Waals surface area contributed by atoms with Crippen LogP contribution in [-0.2, 0) is 16.0 Å². The number of benzene rings is 1. The fourth-order valence-corrected chi connectivity index (χ4v) is 5.53. The van der Waals surface area contributed by atoms with Crippen molar-refractivity contribution in [3.63, 3.8) is 0 Å². The van der Waals surface area contributed by atoms with Crippen LogP contribution < -0.4 is 0 Å². The lowest BCUT2D eigenvalue weighted by atomic mass is 10.2. The molecule has 0 amide bonds. The van der Waals surface area contributed by atoms with Crippen molar-refractivity contribution >= 4 is 32.8 Å². The first-order valence-electron chi connectivity index (χ1n) is 9.73. The van der Waals surface area contributed by atoms with E-state index in [2.05, 4.69) is 10.1 Å². The van der Waals surface area contributed by atoms with Gasteiger partial charge in [-0.25, -0.2) is 18.1 Å². The summed E-state index contributed by atoms with van der Waals surface area (Å²) in [6, 6.07) is 12.7. The van der Waals surface area contributed by atoms with Gasteiger partial charge in [0.05, 0.1) is 27.0 Å². The van der Waals surface area contributed by atoms with E-state index in [1.807, 2.05) is 0 Å². The van der Waals surface area contributed by atoms with Gasteiger partial charge in [-0.3, -0.25) is 0 Å². The monoisotopic (exact) mass is 511 g/mol. The van der Waals surface area contributed by atoms with Gasteiger partial charge in [0.2, 0.25) is 0 Å². The van der Waals surface area contributed by atoms with Gasteiger partial charge in [-0.05, 0) is 48.9 Å². The van der Waals surface area contributed by atoms with E-state index in [0.29, 0.717) is 21.7 Å². The lowest BCUT2D eigenvalue weighted by Gasteiger charge is -2.08. The number of aromatic nitrogens is 3. The van der Waals surface area contributed by atoms with Gasteiger partial charge in [-0.2, -0.15) is 18.3 Å². The van der Waals surface area contributed by atoms with Gasteiger partial charge in [0, 0.05) is 16.6 Å². The summed E-state index contributed by atoms with van der Waals surface area (Å²) in [4.78, 5) is 5.39. The highest BCUT2D eigenvalue weighted by molar-refractivity contribution is 7.91. The van der Waals surface area contributed by atoms with Crippen molar-refractivity contribution in [3.8, 4) is 26.7 Å². The molecule has 5 nitrogen and oxygen atoms in total. The summed E-state index contributed by atoms with van der Waals surface area (Å²) in [7, 11) is -3.46. The van der Waals surface area contributed by atoms with Gasteiger partial charge in [0.1, 0.15) is 0 Å². The van der Waals surface area contributed by atoms with Crippen LogP contribution in [0.5, 0.6) is 0 Å². The normalized spacial score (nSPS) is 12.3. The van der Waals surface area contributed by atoms with Gasteiger partial charge < -0.3 is 0 Å². The van der Waals surface area contributed by atoms with Crippen LogP contribution in [0.1, 0.15) is 18.2 Å². The van der Waals surface area contributed by atoms with E-state index in [0.717, 1.165) is 10.9 Å². The Morgan fingerprint density at radius 2 is 1.79 bits per heavy atom. The number of hydrogen-bond donors (Lipinski definition) is 0. The number of nitrogens with zero attached hydrogens (tertiary/aromatic N) is 3. The first kappa shape index (κ1) is 23.5. The molecular formula is C22H17ClF3N3O2S2. The number of rotatable bonds is 5. The van der Waals surface area contributed by atoms with Crippen molar-refractivity contribution in [1.29, 1.82) is 0 Å². The Balaban J connectivity index is 1.80. The van der Waals surface area contributed by atoms with Crippen molar-refractivity contribution in [1.82, 2.24) is 14.8 Å². The third kappa shape index (κ3) is 4.55. The summed E-state index contributed by atoms with van der Waals surface area (Å²) >= 11 is 7.47. The van der Waals surface area contributed by atoms with Gasteiger partial charge in [0.25, 0.3) is 0 Å². The van der Waals surface area contributed by atoms with Gasteiger partial charge in [-0.1, -0.05) is 30.7 Å². The number of para-hydroxylation sites is 1. The molecule has 3 aromatic heterocycles. The third-order valence-electron chi connectivity index (χ3n) is 4.93. The molecule has 11 heteroatoms. The van der Waals surface area contributed by atoms with E-state index in [1.165, 1.54) is 22.2 Å². The molecule has 4 rings (SSSR count). The van der Waals surface area contributed by atoms with E-state index < -0.39 is 21.7 Å². The van der Waals surface area contributed by atoms with Crippen molar-refractivity contribution in [2.75, 3.05) is 5.75 Å². The Hall–Kier alpha value is -2.69. The molecule has 0 aliphatic heterocycles. The molecule has 0 aliphatic carbocycles. The second-order valence-electron chi connectivity index (χ2n) is 7.19. The number of sulfone groups is 1. The lowest BCUT2D eigenvalue weighted by molar-refractivity contribution is -0.141. The molecule has 0 atom stereocenters. The van der Waals surface area contributed by atoms with Crippen LogP contribution in [0.25, 0.3) is 26.7 Å². The topological polar surface area (TPSA) is 64.8 Å². The lowest BCUT2D eigenvalue weighted by Crippen LogP contribution is -2.08. The number of aryl methyl sites for hydroxylation is 1. The van der Waals surface area contributed by atoms with E-state index in [9.17, 15) is 21.6 Å². The van der Waals surface area contributed by atoms with Crippen molar-refractivity contribution in [2.24, 2.45) is 0 Å². The number of thiophene rings is 1. The maximum absolute atomic E-state index is 13.4. The minimum absolute atomic E-state index is 0.0251. The van der Waals surface area contributed by atoms with Crippen molar-refractivity contribution < 1.29 is 21.6 Å². The number of pyridine rings is 1. The number of alkyl halides is 3. The standard InChI is InChI=1S/C22H17ClF3N3O2S2/c1-3-33(30,31)21-13(2)10-14(12-27-21)18-8-9-19(32-18)17-11-20(22(24,25)26)28-29(17)16-7-5-4-6-15(16)23/h4-12H,3H2,1-2H3. The summed E-state index contributed by atoms with van der Waals surface area (Å²) in [5, 5.41) is 4.06. The van der Waals surface area contributed by atoms with Crippen molar-refractivity contribution in [2.45, 2.75) is 25.0 Å². The minimum Gasteiger partial charge on any atom is -0.244 e. The average Bonchev–Trinajstić information content (AvgIpc) is 3.41. The van der Waals surface area contributed by atoms with E-state index >= 15 is 0 Å². The third-order valence-corrected chi connectivity index (χ3v) is 8.18. The highest BCUT2D eigenvalue weighted by Gasteiger charge is 2.35. The molecule has 0 aliphatic rings. The largest absolute Gasteiger partial charge is 0.435 e. The number of halogens is 4. The highest BCUT2D eigenvalue weighted by Crippen LogP contribution is 2.39. The van der Waals surface area contributed by atoms with Crippen molar-refractivity contribution in [3.05, 3.63) is 71.0 Å². The van der Waals surface area contributed by atoms with Crippen LogP contribution in [0.3, 0.4) is 0 Å². The Morgan fingerprint density at radius 3 is 2.42 bits per heavy atom. The van der Waals surface area contributed by atoms with Gasteiger partial charge >= 0.3 is 6.18 Å². The zero-order valence-electron chi connectivity index (χ0n) is 17.4. The van der Waals surface area contributed by atoms with Crippen LogP contribution in [-0.4, -0.2) is 28.9 Å². The molecule has 0 spiro atoms. The molecule has 1 aromatic carbocycles. The fourth-order valence-electron chi connectivity index (χ4n) is 3.29. The van der Waals surface area contributed by atoms with Crippen LogP contribution in [0.15, 0.2) is 59.8 Å². The first-order chi connectivity index (χ1) is 15.5. The summed E-state index contributed by atoms with van der Waals surface area (Å²) in [6.45, 7) is 3.21. The second kappa shape index (κ2) is 8.58. The Kier molecular flexibility index (Phi) is 6.10. The fraction of sp³-hybridized carbons (Fsp3) is 0.182. The predicted octanol–water partition coefficient (Wildman–Crippen LogP) is 6.44. The molecule has 0 unspecified atom stereocenters. The SMILES string of the molecule is CCS(=O)(=O)c1ncc(-c2ccc(-c3cc(C(F)(F)F)nn3-c3ccccc3Cl)s2)cc1C. The average molecular weight is 512 g/mol. The molecule has 0 saturated heterocycles. The summed E-state index contributed by atoms with van der Waals surface area (Å²) in [5.41, 5.74) is 0.704. The number of hydrogen-bond acceptors (Lipinski definition) is 5. The molecule has 0 saturated carbocycles. The van der Waals surface area contributed by atoms with Crippen LogP contribution in [0, 0.1) is 6.92 Å². The maximum Gasteiger partial charge on any atom is 0.435 e. The maximum atomic E-state index is 13.4. The zero-order valence-corrected chi connectivity index (χ0v) is 19.8.